The predicted octanol–water partition coefficient (Wildman–Crippen LogP) is 5.91. The van der Waals surface area contributed by atoms with E-state index in [-0.39, 0.29) is 31.4 Å². The molecule has 5 rings (SSSR count). The van der Waals surface area contributed by atoms with Crippen molar-refractivity contribution in [3.63, 3.8) is 0 Å². The molecule has 0 aliphatic carbocycles. The first-order valence-electron chi connectivity index (χ1n) is 18.0. The third kappa shape index (κ3) is 10.7. The van der Waals surface area contributed by atoms with Crippen LogP contribution in [0.5, 0.6) is 17.2 Å². The van der Waals surface area contributed by atoms with Crippen LogP contribution in [0.25, 0.3) is 11.1 Å². The molecule has 0 radical (unpaired) electrons. The molecular weight excluding hydrogens is 747 g/mol. The summed E-state index contributed by atoms with van der Waals surface area (Å²) >= 11 is 13.6. The molecule has 0 spiro atoms. The van der Waals surface area contributed by atoms with Crippen molar-refractivity contribution in [2.24, 2.45) is 0 Å². The molecule has 14 heteroatoms. The number of hydrogen-bond donors (Lipinski definition) is 5. The van der Waals surface area contributed by atoms with Gasteiger partial charge in [-0.3, -0.25) is 15.1 Å². The van der Waals surface area contributed by atoms with Gasteiger partial charge >= 0.3 is 5.97 Å². The van der Waals surface area contributed by atoms with Gasteiger partial charge < -0.3 is 39.5 Å². The van der Waals surface area contributed by atoms with Crippen LogP contribution in [0.15, 0.2) is 67.0 Å². The quantitative estimate of drug-likeness (QED) is 0.0755. The lowest BCUT2D eigenvalue weighted by molar-refractivity contribution is -0.145. The highest BCUT2D eigenvalue weighted by Crippen LogP contribution is 2.39. The molecule has 55 heavy (non-hydrogen) atoms. The SMILES string of the molecule is Cc1c(COc2cc(OCc3cncc(C#N)c3)c(CNC(C)(CO)C(=O)O)cc2Cl)cccc1-c1cccc(OCCCN2CCC(O)(CO)CC2)c1Cl. The van der Waals surface area contributed by atoms with Crippen molar-refractivity contribution in [2.45, 2.75) is 64.0 Å². The summed E-state index contributed by atoms with van der Waals surface area (Å²) in [6, 6.07) is 18.5. The third-order valence-corrected chi connectivity index (χ3v) is 10.6. The standard InChI is InChI=1S/C41H46Cl2N4O8/c1-27-30(6-3-7-32(27)33-8-4-9-35(38(33)43)53-15-5-12-47-13-10-41(52,26-49)11-14-47)24-55-37-18-36(54-23-29-16-28(19-44)20-45-21-29)31(17-34(37)42)22-46-40(2,25-48)39(50)51/h3-4,6-9,16-18,20-21,46,48-49,52H,5,10-15,22-26H2,1-2H3,(H,50,51). The normalized spacial score (nSPS) is 15.2. The molecule has 1 aliphatic rings. The number of nitrogens with one attached hydrogen (secondary N) is 1. The third-order valence-electron chi connectivity index (χ3n) is 9.93. The molecule has 12 nitrogen and oxygen atoms in total. The number of carboxylic acids is 1. The molecule has 2 heterocycles. The minimum absolute atomic E-state index is 0.00887. The average molecular weight is 794 g/mol. The summed E-state index contributed by atoms with van der Waals surface area (Å²) in [6.07, 6.45) is 4.92. The number of aliphatic carboxylic acids is 1. The van der Waals surface area contributed by atoms with Gasteiger partial charge in [0, 0.05) is 61.3 Å². The molecule has 1 fully saturated rings. The Morgan fingerprint density at radius 2 is 1.71 bits per heavy atom. The Balaban J connectivity index is 1.29. The van der Waals surface area contributed by atoms with Crippen molar-refractivity contribution < 1.29 is 39.4 Å². The molecule has 0 saturated carbocycles. The van der Waals surface area contributed by atoms with Crippen LogP contribution >= 0.6 is 23.2 Å². The number of halogens is 2. The van der Waals surface area contributed by atoms with Gasteiger partial charge in [0.15, 0.2) is 0 Å². The van der Waals surface area contributed by atoms with E-state index in [0.717, 1.165) is 48.3 Å². The second kappa shape index (κ2) is 18.9. The van der Waals surface area contributed by atoms with Gasteiger partial charge in [0.05, 0.1) is 41.0 Å². The van der Waals surface area contributed by atoms with Crippen LogP contribution in [0.1, 0.15) is 54.0 Å². The minimum Gasteiger partial charge on any atom is -0.492 e. The second-order valence-electron chi connectivity index (χ2n) is 13.9. The Bertz CT molecular complexity index is 2000. The Kier molecular flexibility index (Phi) is 14.4. The zero-order valence-corrected chi connectivity index (χ0v) is 32.4. The Morgan fingerprint density at radius 3 is 2.42 bits per heavy atom. The van der Waals surface area contributed by atoms with Crippen LogP contribution in [-0.4, -0.2) is 86.9 Å². The summed E-state index contributed by atoms with van der Waals surface area (Å²) < 4.78 is 18.5. The van der Waals surface area contributed by atoms with Crippen LogP contribution in [0.2, 0.25) is 10.0 Å². The zero-order valence-electron chi connectivity index (χ0n) is 30.9. The Morgan fingerprint density at radius 1 is 0.982 bits per heavy atom. The summed E-state index contributed by atoms with van der Waals surface area (Å²) in [5.41, 5.74) is 2.55. The lowest BCUT2D eigenvalue weighted by atomic mass is 9.92. The predicted molar refractivity (Wildman–Crippen MR) is 208 cm³/mol. The van der Waals surface area contributed by atoms with Crippen LogP contribution in [0, 0.1) is 18.3 Å². The van der Waals surface area contributed by atoms with Gasteiger partial charge in [0.2, 0.25) is 0 Å². The first-order valence-corrected chi connectivity index (χ1v) is 18.7. The molecule has 1 aliphatic heterocycles. The van der Waals surface area contributed by atoms with Crippen LogP contribution in [0.3, 0.4) is 0 Å². The number of likely N-dealkylation sites (tertiary alicyclic amines) is 1. The molecule has 4 aromatic rings. The monoisotopic (exact) mass is 792 g/mol. The number of rotatable bonds is 18. The van der Waals surface area contributed by atoms with Crippen LogP contribution < -0.4 is 19.5 Å². The number of hydrogen-bond acceptors (Lipinski definition) is 11. The van der Waals surface area contributed by atoms with Gasteiger partial charge in [-0.25, -0.2) is 0 Å². The van der Waals surface area contributed by atoms with Gasteiger partial charge in [0.1, 0.15) is 42.1 Å². The maximum Gasteiger partial charge on any atom is 0.326 e. The van der Waals surface area contributed by atoms with Gasteiger partial charge in [0.25, 0.3) is 0 Å². The van der Waals surface area contributed by atoms with E-state index in [2.05, 4.69) is 21.3 Å². The number of carbonyl (C=O) groups is 1. The lowest BCUT2D eigenvalue weighted by Gasteiger charge is -2.36. The summed E-state index contributed by atoms with van der Waals surface area (Å²) in [6.45, 7) is 5.50. The van der Waals surface area contributed by atoms with Gasteiger partial charge in [-0.15, -0.1) is 0 Å². The largest absolute Gasteiger partial charge is 0.492 e. The van der Waals surface area contributed by atoms with Crippen molar-refractivity contribution >= 4 is 29.2 Å². The number of aliphatic hydroxyl groups is 3. The summed E-state index contributed by atoms with van der Waals surface area (Å²) in [5.74, 6) is 0.0592. The highest BCUT2D eigenvalue weighted by Gasteiger charge is 2.33. The number of piperidine rings is 1. The number of nitrogens with zero attached hydrogens (tertiary/aromatic N) is 3. The van der Waals surface area contributed by atoms with E-state index in [4.69, 9.17) is 37.4 Å². The van der Waals surface area contributed by atoms with Crippen molar-refractivity contribution in [2.75, 3.05) is 39.5 Å². The van der Waals surface area contributed by atoms with Crippen LogP contribution in [-0.2, 0) is 24.6 Å². The average Bonchev–Trinajstić information content (AvgIpc) is 3.19. The molecule has 3 aromatic carbocycles. The van der Waals surface area contributed by atoms with E-state index in [1.807, 2.05) is 43.3 Å². The number of aliphatic hydroxyl groups excluding tert-OH is 2. The molecule has 0 bridgehead atoms. The van der Waals surface area contributed by atoms with Crippen molar-refractivity contribution in [1.82, 2.24) is 15.2 Å². The van der Waals surface area contributed by atoms with Crippen molar-refractivity contribution in [1.29, 1.82) is 5.26 Å². The molecular formula is C41H46Cl2N4O8. The summed E-state index contributed by atoms with van der Waals surface area (Å²) in [4.78, 5) is 18.2. The first kappa shape index (κ1) is 41.7. The number of pyridine rings is 1. The summed E-state index contributed by atoms with van der Waals surface area (Å²) in [5, 5.41) is 52.0. The lowest BCUT2D eigenvalue weighted by Crippen LogP contribution is -2.52. The molecule has 1 atom stereocenters. The molecule has 292 valence electrons. The molecule has 5 N–H and O–H groups in total. The van der Waals surface area contributed by atoms with Gasteiger partial charge in [-0.05, 0) is 68.0 Å². The smallest absolute Gasteiger partial charge is 0.326 e. The number of nitriles is 1. The fourth-order valence-electron chi connectivity index (χ4n) is 6.18. The molecule has 1 unspecified atom stereocenters. The highest BCUT2D eigenvalue weighted by atomic mass is 35.5. The zero-order chi connectivity index (χ0) is 39.6. The fraction of sp³-hybridized carbons (Fsp3) is 0.390. The molecule has 1 saturated heterocycles. The van der Waals surface area contributed by atoms with Crippen molar-refractivity contribution in [3.8, 4) is 34.4 Å². The number of aromatic nitrogens is 1. The van der Waals surface area contributed by atoms with Gasteiger partial charge in [-0.2, -0.15) is 5.26 Å². The fourth-order valence-corrected chi connectivity index (χ4v) is 6.70. The maximum atomic E-state index is 11.8. The topological polar surface area (TPSA) is 178 Å². The number of ether oxygens (including phenoxy) is 3. The van der Waals surface area contributed by atoms with E-state index >= 15 is 0 Å². The summed E-state index contributed by atoms with van der Waals surface area (Å²) in [7, 11) is 0. The number of carboxylic acid groups (broad SMARTS) is 1. The first-order chi connectivity index (χ1) is 26.4. The molecule has 1 aromatic heterocycles. The van der Waals surface area contributed by atoms with Gasteiger partial charge in [-0.1, -0.05) is 53.5 Å². The molecule has 0 amide bonds. The van der Waals surface area contributed by atoms with E-state index in [1.54, 1.807) is 24.4 Å². The Labute approximate surface area is 330 Å². The van der Waals surface area contributed by atoms with E-state index < -0.39 is 23.7 Å². The maximum absolute atomic E-state index is 11.8. The van der Waals surface area contributed by atoms with Crippen LogP contribution in [0.4, 0.5) is 0 Å². The minimum atomic E-state index is -1.61. The Hall–Kier alpha value is -4.45. The van der Waals surface area contributed by atoms with E-state index in [9.17, 15) is 30.5 Å². The van der Waals surface area contributed by atoms with E-state index in [0.29, 0.717) is 58.4 Å². The second-order valence-corrected chi connectivity index (χ2v) is 14.7. The highest BCUT2D eigenvalue weighted by molar-refractivity contribution is 6.35. The number of benzene rings is 3. The van der Waals surface area contributed by atoms with Crippen molar-refractivity contribution in [3.05, 3.63) is 105 Å². The van der Waals surface area contributed by atoms with E-state index in [1.165, 1.54) is 13.1 Å².